The van der Waals surface area contributed by atoms with Gasteiger partial charge in [-0.2, -0.15) is 0 Å². The number of ether oxygens (including phenoxy) is 2. The number of nitrogens with zero attached hydrogens (tertiary/aromatic N) is 1. The third kappa shape index (κ3) is 1.26. The van der Waals surface area contributed by atoms with Gasteiger partial charge in [0.2, 0.25) is 0 Å². The summed E-state index contributed by atoms with van der Waals surface area (Å²) in [6, 6.07) is 17.1. The molecule has 6 rings (SSSR count). The van der Waals surface area contributed by atoms with Gasteiger partial charge in [-0.05, 0) is 22.3 Å². The smallest absolute Gasteiger partial charge is 0.410 e. The highest BCUT2D eigenvalue weighted by molar-refractivity contribution is 5.72. The van der Waals surface area contributed by atoms with Gasteiger partial charge in [0.25, 0.3) is 0 Å². The molecule has 4 heteroatoms. The summed E-state index contributed by atoms with van der Waals surface area (Å²) in [5.41, 5.74) is 5.14. The van der Waals surface area contributed by atoms with Gasteiger partial charge in [-0.25, -0.2) is 4.79 Å². The minimum Gasteiger partial charge on any atom is -0.453 e. The van der Waals surface area contributed by atoms with E-state index >= 15 is 0 Å². The average molecular weight is 319 g/mol. The van der Waals surface area contributed by atoms with Crippen LogP contribution in [-0.4, -0.2) is 18.1 Å². The summed E-state index contributed by atoms with van der Waals surface area (Å²) in [5, 5.41) is 0. The van der Waals surface area contributed by atoms with Gasteiger partial charge in [0.15, 0.2) is 0 Å². The second kappa shape index (κ2) is 4.19. The topological polar surface area (TPSA) is 38.8 Å². The maximum atomic E-state index is 12.5. The molecule has 0 spiro atoms. The Morgan fingerprint density at radius 1 is 0.875 bits per heavy atom. The molecule has 4 bridgehead atoms. The van der Waals surface area contributed by atoms with Crippen LogP contribution in [0.4, 0.5) is 4.79 Å². The molecule has 2 aromatic rings. The molecule has 4 aliphatic rings. The first-order valence-electron chi connectivity index (χ1n) is 8.50. The first kappa shape index (κ1) is 13.0. The molecule has 1 amide bonds. The molecule has 2 fully saturated rings. The van der Waals surface area contributed by atoms with Crippen LogP contribution in [-0.2, 0) is 9.47 Å². The number of amides is 1. The number of rotatable bonds is 0. The Hall–Kier alpha value is -2.33. The highest BCUT2D eigenvalue weighted by atomic mass is 16.5. The van der Waals surface area contributed by atoms with E-state index in [-0.39, 0.29) is 30.4 Å². The maximum Gasteiger partial charge on any atom is 0.410 e. The molecule has 0 unspecified atom stereocenters. The lowest BCUT2D eigenvalue weighted by molar-refractivity contribution is 0.0195. The Morgan fingerprint density at radius 2 is 1.33 bits per heavy atom. The molecule has 0 aromatic heterocycles. The predicted molar refractivity (Wildman–Crippen MR) is 86.2 cm³/mol. The van der Waals surface area contributed by atoms with Crippen molar-refractivity contribution >= 4 is 6.09 Å². The summed E-state index contributed by atoms with van der Waals surface area (Å²) >= 11 is 0. The lowest BCUT2D eigenvalue weighted by atomic mass is 9.67. The third-order valence-corrected chi connectivity index (χ3v) is 6.39. The molecule has 0 saturated carbocycles. The summed E-state index contributed by atoms with van der Waals surface area (Å²) in [6.07, 6.45) is -0.0440. The molecule has 4 heterocycles. The SMILES string of the molecule is COC(=O)N1[C@@H]2c3ccccc3[C@H]1[C@H]1[C@@H]2[C@H]2O[C@@H]1c1ccccc12. The van der Waals surface area contributed by atoms with Crippen LogP contribution in [0.25, 0.3) is 0 Å². The molecule has 120 valence electrons. The van der Waals surface area contributed by atoms with E-state index in [4.69, 9.17) is 9.47 Å². The van der Waals surface area contributed by atoms with E-state index < -0.39 is 0 Å². The van der Waals surface area contributed by atoms with E-state index in [2.05, 4.69) is 48.5 Å². The minimum absolute atomic E-state index is 0.0620. The fourth-order valence-electron chi connectivity index (χ4n) is 5.73. The van der Waals surface area contributed by atoms with Gasteiger partial charge >= 0.3 is 6.09 Å². The van der Waals surface area contributed by atoms with Gasteiger partial charge in [0.1, 0.15) is 0 Å². The monoisotopic (exact) mass is 319 g/mol. The first-order chi connectivity index (χ1) is 11.8. The van der Waals surface area contributed by atoms with E-state index in [1.165, 1.54) is 29.4 Å². The summed E-state index contributed by atoms with van der Waals surface area (Å²) < 4.78 is 11.5. The molecule has 0 aliphatic carbocycles. The second-order valence-corrected chi connectivity index (χ2v) is 7.16. The lowest BCUT2D eigenvalue weighted by Crippen LogP contribution is -2.30. The number of hydrogen-bond donors (Lipinski definition) is 0. The number of carbonyl (C=O) groups excluding carboxylic acids is 1. The van der Waals surface area contributed by atoms with Crippen LogP contribution < -0.4 is 0 Å². The number of carbonyl (C=O) groups is 1. The molecular weight excluding hydrogens is 302 g/mol. The molecular formula is C20H17NO3. The summed E-state index contributed by atoms with van der Waals surface area (Å²) in [5.74, 6) is 0.646. The Labute approximate surface area is 140 Å². The van der Waals surface area contributed by atoms with Crippen molar-refractivity contribution in [2.45, 2.75) is 24.3 Å². The predicted octanol–water partition coefficient (Wildman–Crippen LogP) is 3.92. The van der Waals surface area contributed by atoms with Crippen molar-refractivity contribution in [1.29, 1.82) is 0 Å². The molecule has 0 N–H and O–H groups in total. The fourth-order valence-corrected chi connectivity index (χ4v) is 5.73. The number of hydrogen-bond acceptors (Lipinski definition) is 3. The standard InChI is InChI=1S/C20H17NO3/c1-23-20(22)21-16-10-6-2-3-7-11(10)17(21)15-14(16)18-12-8-4-5-9-13(12)19(15)24-18/h2-9,14-19H,1H3/t14-,15+,16+,17-,18-,19+. The van der Waals surface area contributed by atoms with Crippen LogP contribution in [0.5, 0.6) is 0 Å². The Kier molecular flexibility index (Phi) is 2.27. The van der Waals surface area contributed by atoms with Crippen LogP contribution >= 0.6 is 0 Å². The van der Waals surface area contributed by atoms with E-state index in [1.807, 2.05) is 4.90 Å². The van der Waals surface area contributed by atoms with Crippen molar-refractivity contribution in [3.8, 4) is 0 Å². The fraction of sp³-hybridized carbons (Fsp3) is 0.350. The number of benzene rings is 2. The Balaban J connectivity index is 1.56. The molecule has 4 nitrogen and oxygen atoms in total. The van der Waals surface area contributed by atoms with Crippen molar-refractivity contribution in [3.05, 3.63) is 70.8 Å². The van der Waals surface area contributed by atoms with E-state index in [0.717, 1.165) is 0 Å². The lowest BCUT2D eigenvalue weighted by Gasteiger charge is -2.31. The van der Waals surface area contributed by atoms with Crippen molar-refractivity contribution in [1.82, 2.24) is 4.90 Å². The van der Waals surface area contributed by atoms with Crippen LogP contribution in [0.3, 0.4) is 0 Å². The normalized spacial score (nSPS) is 36.5. The Bertz CT molecular complexity index is 817. The molecule has 6 atom stereocenters. The van der Waals surface area contributed by atoms with E-state index in [0.29, 0.717) is 11.8 Å². The van der Waals surface area contributed by atoms with Crippen molar-refractivity contribution in [3.63, 3.8) is 0 Å². The van der Waals surface area contributed by atoms with Crippen LogP contribution in [0.1, 0.15) is 46.5 Å². The molecule has 4 aliphatic heterocycles. The number of fused-ring (bicyclic) bond motifs is 15. The van der Waals surface area contributed by atoms with Gasteiger partial charge in [0, 0.05) is 11.8 Å². The van der Waals surface area contributed by atoms with Crippen molar-refractivity contribution in [2.75, 3.05) is 7.11 Å². The zero-order valence-corrected chi connectivity index (χ0v) is 13.3. The van der Waals surface area contributed by atoms with Crippen molar-refractivity contribution < 1.29 is 14.3 Å². The summed E-state index contributed by atoms with van der Waals surface area (Å²) in [4.78, 5) is 14.5. The highest BCUT2D eigenvalue weighted by Crippen LogP contribution is 2.73. The van der Waals surface area contributed by atoms with Crippen LogP contribution in [0.2, 0.25) is 0 Å². The minimum atomic E-state index is -0.223. The zero-order chi connectivity index (χ0) is 16.0. The second-order valence-electron chi connectivity index (χ2n) is 7.16. The Morgan fingerprint density at radius 3 is 1.79 bits per heavy atom. The quantitative estimate of drug-likeness (QED) is 0.739. The molecule has 24 heavy (non-hydrogen) atoms. The van der Waals surface area contributed by atoms with Gasteiger partial charge < -0.3 is 9.47 Å². The van der Waals surface area contributed by atoms with Crippen LogP contribution in [0, 0.1) is 11.8 Å². The summed E-state index contributed by atoms with van der Waals surface area (Å²) in [6.45, 7) is 0. The van der Waals surface area contributed by atoms with Gasteiger partial charge in [-0.1, -0.05) is 48.5 Å². The van der Waals surface area contributed by atoms with E-state index in [9.17, 15) is 4.79 Å². The average Bonchev–Trinajstić information content (AvgIpc) is 3.35. The highest BCUT2D eigenvalue weighted by Gasteiger charge is 2.68. The third-order valence-electron chi connectivity index (χ3n) is 6.39. The van der Waals surface area contributed by atoms with Crippen LogP contribution in [0.15, 0.2) is 48.5 Å². The largest absolute Gasteiger partial charge is 0.453 e. The molecule has 0 radical (unpaired) electrons. The van der Waals surface area contributed by atoms with Gasteiger partial charge in [-0.3, -0.25) is 4.90 Å². The summed E-state index contributed by atoms with van der Waals surface area (Å²) in [7, 11) is 1.47. The molecule has 2 aromatic carbocycles. The number of methoxy groups -OCH3 is 1. The maximum absolute atomic E-state index is 12.5. The van der Waals surface area contributed by atoms with Gasteiger partial charge in [-0.15, -0.1) is 0 Å². The molecule has 2 saturated heterocycles. The zero-order valence-electron chi connectivity index (χ0n) is 13.3. The van der Waals surface area contributed by atoms with Gasteiger partial charge in [0.05, 0.1) is 31.4 Å². The first-order valence-corrected chi connectivity index (χ1v) is 8.50. The van der Waals surface area contributed by atoms with Crippen molar-refractivity contribution in [2.24, 2.45) is 11.8 Å². The van der Waals surface area contributed by atoms with E-state index in [1.54, 1.807) is 0 Å².